The molecule has 0 aliphatic heterocycles. The summed E-state index contributed by atoms with van der Waals surface area (Å²) in [5.41, 5.74) is 2.39. The SMILES string of the molecule is COc1nc(C)nc2c1CCC2.[B]. The number of hydrogen-bond acceptors (Lipinski definition) is 3. The zero-order chi connectivity index (χ0) is 8.55. The Morgan fingerprint density at radius 3 is 2.69 bits per heavy atom. The smallest absolute Gasteiger partial charge is 0.219 e. The van der Waals surface area contributed by atoms with Gasteiger partial charge >= 0.3 is 0 Å². The molecule has 0 spiro atoms. The predicted molar refractivity (Wildman–Crippen MR) is 51.1 cm³/mol. The van der Waals surface area contributed by atoms with E-state index < -0.39 is 0 Å². The highest BCUT2D eigenvalue weighted by Gasteiger charge is 2.18. The van der Waals surface area contributed by atoms with E-state index in [9.17, 15) is 0 Å². The lowest BCUT2D eigenvalue weighted by Gasteiger charge is -2.05. The molecule has 0 fully saturated rings. The number of aryl methyl sites for hydroxylation is 2. The Hall–Kier alpha value is -1.06. The second kappa shape index (κ2) is 3.77. The number of nitrogens with zero attached hydrogens (tertiary/aromatic N) is 2. The van der Waals surface area contributed by atoms with E-state index in [4.69, 9.17) is 4.74 Å². The van der Waals surface area contributed by atoms with Crippen LogP contribution < -0.4 is 4.74 Å². The van der Waals surface area contributed by atoms with Gasteiger partial charge in [0, 0.05) is 14.0 Å². The van der Waals surface area contributed by atoms with Crippen molar-refractivity contribution in [1.82, 2.24) is 9.97 Å². The van der Waals surface area contributed by atoms with Gasteiger partial charge in [-0.05, 0) is 26.2 Å². The van der Waals surface area contributed by atoms with Crippen LogP contribution in [0.5, 0.6) is 5.88 Å². The van der Waals surface area contributed by atoms with E-state index in [1.807, 2.05) is 6.92 Å². The monoisotopic (exact) mass is 175 g/mol. The average Bonchev–Trinajstić information content (AvgIpc) is 2.50. The van der Waals surface area contributed by atoms with E-state index in [0.29, 0.717) is 0 Å². The molecule has 0 saturated carbocycles. The first-order chi connectivity index (χ1) is 5.81. The minimum Gasteiger partial charge on any atom is -0.481 e. The van der Waals surface area contributed by atoms with Crippen molar-refractivity contribution < 1.29 is 4.74 Å². The van der Waals surface area contributed by atoms with E-state index in [1.54, 1.807) is 7.11 Å². The topological polar surface area (TPSA) is 35.0 Å². The van der Waals surface area contributed by atoms with Gasteiger partial charge in [-0.25, -0.2) is 4.98 Å². The molecule has 0 saturated heterocycles. The van der Waals surface area contributed by atoms with Crippen molar-refractivity contribution in [3.8, 4) is 5.88 Å². The van der Waals surface area contributed by atoms with Gasteiger partial charge in [0.25, 0.3) is 0 Å². The minimum absolute atomic E-state index is 0. The molecule has 0 N–H and O–H groups in total. The molecule has 13 heavy (non-hydrogen) atoms. The van der Waals surface area contributed by atoms with Crippen LogP contribution >= 0.6 is 0 Å². The minimum atomic E-state index is 0. The van der Waals surface area contributed by atoms with Crippen LogP contribution in [0.25, 0.3) is 0 Å². The molecule has 1 aromatic heterocycles. The van der Waals surface area contributed by atoms with Crippen LogP contribution in [0, 0.1) is 6.92 Å². The quantitative estimate of drug-likeness (QED) is 0.594. The molecule has 3 nitrogen and oxygen atoms in total. The van der Waals surface area contributed by atoms with Crippen LogP contribution in [0.2, 0.25) is 0 Å². The van der Waals surface area contributed by atoms with Gasteiger partial charge in [0.2, 0.25) is 5.88 Å². The predicted octanol–water partition coefficient (Wildman–Crippen LogP) is 0.902. The number of methoxy groups -OCH3 is 1. The van der Waals surface area contributed by atoms with Crippen molar-refractivity contribution in [2.24, 2.45) is 0 Å². The molecule has 1 heterocycles. The maximum atomic E-state index is 5.19. The number of hydrogen-bond donors (Lipinski definition) is 0. The molecule has 0 bridgehead atoms. The standard InChI is InChI=1S/C9H12N2O.B/c1-6-10-8-5-3-4-7(8)9(11-6)12-2;/h3-5H2,1-2H3;. The fourth-order valence-corrected chi connectivity index (χ4v) is 1.69. The Labute approximate surface area is 80.1 Å². The van der Waals surface area contributed by atoms with E-state index >= 15 is 0 Å². The Bertz CT molecular complexity index is 315. The summed E-state index contributed by atoms with van der Waals surface area (Å²) in [5, 5.41) is 0. The molecule has 0 unspecified atom stereocenters. The van der Waals surface area contributed by atoms with Gasteiger partial charge in [-0.3, -0.25) is 0 Å². The van der Waals surface area contributed by atoms with Crippen LogP contribution in [0.15, 0.2) is 0 Å². The lowest BCUT2D eigenvalue weighted by molar-refractivity contribution is 0.390. The Morgan fingerprint density at radius 2 is 2.00 bits per heavy atom. The summed E-state index contributed by atoms with van der Waals surface area (Å²) in [6.07, 6.45) is 3.33. The molecule has 2 rings (SSSR count). The Kier molecular flexibility index (Phi) is 2.91. The highest BCUT2D eigenvalue weighted by molar-refractivity contribution is 5.75. The van der Waals surface area contributed by atoms with Crippen LogP contribution in [-0.4, -0.2) is 25.5 Å². The first-order valence-electron chi connectivity index (χ1n) is 4.21. The third kappa shape index (κ3) is 1.66. The van der Waals surface area contributed by atoms with E-state index in [1.165, 1.54) is 17.7 Å². The summed E-state index contributed by atoms with van der Waals surface area (Å²) in [7, 11) is 1.67. The largest absolute Gasteiger partial charge is 0.481 e. The van der Waals surface area contributed by atoms with Crippen molar-refractivity contribution in [3.05, 3.63) is 17.1 Å². The Balaban J connectivity index is 0.000000845. The molecule has 0 amide bonds. The number of aromatic nitrogens is 2. The number of fused-ring (bicyclic) bond motifs is 1. The van der Waals surface area contributed by atoms with Crippen molar-refractivity contribution in [1.29, 1.82) is 0 Å². The molecule has 1 aliphatic rings. The lowest BCUT2D eigenvalue weighted by atomic mass is 10.2. The third-order valence-electron chi connectivity index (χ3n) is 2.20. The first-order valence-corrected chi connectivity index (χ1v) is 4.21. The highest BCUT2D eigenvalue weighted by Crippen LogP contribution is 2.27. The van der Waals surface area contributed by atoms with Crippen LogP contribution in [0.4, 0.5) is 0 Å². The molecule has 1 aliphatic carbocycles. The van der Waals surface area contributed by atoms with Gasteiger partial charge < -0.3 is 4.74 Å². The van der Waals surface area contributed by atoms with Crippen LogP contribution in [-0.2, 0) is 12.8 Å². The van der Waals surface area contributed by atoms with Gasteiger partial charge in [-0.2, -0.15) is 4.98 Å². The van der Waals surface area contributed by atoms with Crippen molar-refractivity contribution in [3.63, 3.8) is 0 Å². The molecular weight excluding hydrogens is 163 g/mol. The fourth-order valence-electron chi connectivity index (χ4n) is 1.69. The summed E-state index contributed by atoms with van der Waals surface area (Å²) < 4.78 is 5.19. The average molecular weight is 175 g/mol. The lowest BCUT2D eigenvalue weighted by Crippen LogP contribution is -2.00. The number of ether oxygens (including phenoxy) is 1. The van der Waals surface area contributed by atoms with Gasteiger partial charge in [0.15, 0.2) is 0 Å². The van der Waals surface area contributed by atoms with E-state index in [2.05, 4.69) is 9.97 Å². The zero-order valence-corrected chi connectivity index (χ0v) is 8.00. The fraction of sp³-hybridized carbons (Fsp3) is 0.556. The van der Waals surface area contributed by atoms with Crippen molar-refractivity contribution in [2.45, 2.75) is 26.2 Å². The molecular formula is C9H12BN2O. The summed E-state index contributed by atoms with van der Waals surface area (Å²) in [6.45, 7) is 1.90. The van der Waals surface area contributed by atoms with Crippen molar-refractivity contribution >= 4 is 8.41 Å². The number of rotatable bonds is 1. The summed E-state index contributed by atoms with van der Waals surface area (Å²) in [4.78, 5) is 8.60. The summed E-state index contributed by atoms with van der Waals surface area (Å²) in [5.74, 6) is 1.59. The highest BCUT2D eigenvalue weighted by atomic mass is 16.5. The van der Waals surface area contributed by atoms with E-state index in [-0.39, 0.29) is 8.41 Å². The normalized spacial score (nSPS) is 13.4. The second-order valence-corrected chi connectivity index (χ2v) is 3.06. The molecule has 1 aromatic rings. The maximum Gasteiger partial charge on any atom is 0.219 e. The Morgan fingerprint density at radius 1 is 1.23 bits per heavy atom. The van der Waals surface area contributed by atoms with Gasteiger partial charge in [0.1, 0.15) is 5.82 Å². The van der Waals surface area contributed by atoms with Crippen LogP contribution in [0.3, 0.4) is 0 Å². The van der Waals surface area contributed by atoms with E-state index in [0.717, 1.165) is 24.5 Å². The zero-order valence-electron chi connectivity index (χ0n) is 8.00. The van der Waals surface area contributed by atoms with Crippen LogP contribution in [0.1, 0.15) is 23.5 Å². The molecule has 67 valence electrons. The van der Waals surface area contributed by atoms with Gasteiger partial charge in [-0.1, -0.05) is 0 Å². The summed E-state index contributed by atoms with van der Waals surface area (Å²) >= 11 is 0. The molecule has 0 atom stereocenters. The second-order valence-electron chi connectivity index (χ2n) is 3.06. The van der Waals surface area contributed by atoms with Gasteiger partial charge in [0.05, 0.1) is 12.8 Å². The van der Waals surface area contributed by atoms with Gasteiger partial charge in [-0.15, -0.1) is 0 Å². The first kappa shape index (κ1) is 10.0. The summed E-state index contributed by atoms with van der Waals surface area (Å²) in [6, 6.07) is 0. The van der Waals surface area contributed by atoms with Crippen molar-refractivity contribution in [2.75, 3.05) is 7.11 Å². The maximum absolute atomic E-state index is 5.19. The molecule has 3 radical (unpaired) electrons. The third-order valence-corrected chi connectivity index (χ3v) is 2.20. The molecule has 0 aromatic carbocycles. The molecule has 4 heteroatoms.